The third-order valence-electron chi connectivity index (χ3n) is 5.05. The van der Waals surface area contributed by atoms with Gasteiger partial charge in [-0.1, -0.05) is 29.8 Å². The molecule has 0 aliphatic carbocycles. The summed E-state index contributed by atoms with van der Waals surface area (Å²) >= 11 is 6.49. The number of dihydropyridines is 1. The first-order valence-electron chi connectivity index (χ1n) is 10.6. The van der Waals surface area contributed by atoms with E-state index in [2.05, 4.69) is 25.8 Å². The van der Waals surface area contributed by atoms with Crippen molar-refractivity contribution < 1.29 is 23.8 Å². The lowest BCUT2D eigenvalue weighted by molar-refractivity contribution is -0.139. The molecule has 3 rings (SSSR count). The predicted molar refractivity (Wildman–Crippen MR) is 126 cm³/mol. The molecular formula is C22H27ClN6O5. The van der Waals surface area contributed by atoms with Gasteiger partial charge in [-0.3, -0.25) is 0 Å². The number of aromatic amines is 1. The topological polar surface area (TPSA) is 153 Å². The van der Waals surface area contributed by atoms with Gasteiger partial charge in [0.25, 0.3) is 0 Å². The van der Waals surface area contributed by atoms with Crippen LogP contribution < -0.4 is 16.4 Å². The van der Waals surface area contributed by atoms with Gasteiger partial charge in [0.2, 0.25) is 11.9 Å². The van der Waals surface area contributed by atoms with Gasteiger partial charge in [-0.15, -0.1) is 5.10 Å². The van der Waals surface area contributed by atoms with Crippen LogP contribution in [-0.4, -0.2) is 60.6 Å². The monoisotopic (exact) mass is 490 g/mol. The number of ether oxygens (including phenoxy) is 3. The Bertz CT molecular complexity index is 1110. The van der Waals surface area contributed by atoms with E-state index < -0.39 is 17.9 Å². The van der Waals surface area contributed by atoms with Crippen molar-refractivity contribution in [1.82, 2.24) is 20.5 Å². The van der Waals surface area contributed by atoms with Crippen molar-refractivity contribution in [1.29, 1.82) is 0 Å². The van der Waals surface area contributed by atoms with Crippen LogP contribution in [0.15, 0.2) is 46.8 Å². The van der Waals surface area contributed by atoms with Gasteiger partial charge in [0.15, 0.2) is 0 Å². The second kappa shape index (κ2) is 11.5. The summed E-state index contributed by atoms with van der Waals surface area (Å²) in [5.41, 5.74) is 7.55. The van der Waals surface area contributed by atoms with Crippen LogP contribution in [0.4, 0.5) is 11.9 Å². The molecule has 0 fully saturated rings. The van der Waals surface area contributed by atoms with Gasteiger partial charge in [-0.2, -0.15) is 4.98 Å². The molecule has 11 nitrogen and oxygen atoms in total. The number of nitrogens with one attached hydrogen (secondary N) is 3. The maximum atomic E-state index is 13.1. The molecule has 5 N–H and O–H groups in total. The van der Waals surface area contributed by atoms with E-state index in [1.165, 1.54) is 7.11 Å². The number of carbonyl (C=O) groups excluding carboxylic acids is 2. The molecular weight excluding hydrogens is 464 g/mol. The van der Waals surface area contributed by atoms with Crippen LogP contribution in [0, 0.1) is 0 Å². The van der Waals surface area contributed by atoms with Gasteiger partial charge in [0.05, 0.1) is 49.7 Å². The van der Waals surface area contributed by atoms with Crippen molar-refractivity contribution in [3.8, 4) is 0 Å². The van der Waals surface area contributed by atoms with Crippen molar-refractivity contribution in [2.24, 2.45) is 0 Å². The molecule has 0 radical (unpaired) electrons. The van der Waals surface area contributed by atoms with Crippen LogP contribution in [0.25, 0.3) is 0 Å². The Morgan fingerprint density at radius 2 is 2.00 bits per heavy atom. The number of carbonyl (C=O) groups is 2. The maximum absolute atomic E-state index is 13.1. The molecule has 1 aliphatic rings. The quantitative estimate of drug-likeness (QED) is 0.287. The zero-order valence-corrected chi connectivity index (χ0v) is 19.9. The third-order valence-corrected chi connectivity index (χ3v) is 5.39. The number of benzene rings is 1. The molecule has 0 bridgehead atoms. The van der Waals surface area contributed by atoms with Crippen LogP contribution in [0.2, 0.25) is 5.02 Å². The zero-order valence-electron chi connectivity index (χ0n) is 19.1. The lowest BCUT2D eigenvalue weighted by Gasteiger charge is -2.31. The summed E-state index contributed by atoms with van der Waals surface area (Å²) in [5, 5.41) is 12.9. The van der Waals surface area contributed by atoms with E-state index in [4.69, 9.17) is 31.5 Å². The van der Waals surface area contributed by atoms with Crippen LogP contribution in [0.5, 0.6) is 0 Å². The number of hydrogen-bond donors (Lipinski definition) is 4. The average molecular weight is 491 g/mol. The zero-order chi connectivity index (χ0) is 24.7. The summed E-state index contributed by atoms with van der Waals surface area (Å²) in [6.45, 7) is 4.35. The van der Waals surface area contributed by atoms with E-state index in [0.29, 0.717) is 34.5 Å². The number of H-pyrrole nitrogens is 1. The maximum Gasteiger partial charge on any atom is 0.336 e. The van der Waals surface area contributed by atoms with E-state index in [1.54, 1.807) is 38.1 Å². The highest BCUT2D eigenvalue weighted by Crippen LogP contribution is 2.41. The minimum absolute atomic E-state index is 0.0567. The lowest BCUT2D eigenvalue weighted by atomic mass is 9.80. The predicted octanol–water partition coefficient (Wildman–Crippen LogP) is 2.12. The Kier molecular flexibility index (Phi) is 8.50. The Labute approximate surface area is 201 Å². The van der Waals surface area contributed by atoms with Gasteiger partial charge in [0.1, 0.15) is 0 Å². The van der Waals surface area contributed by atoms with Gasteiger partial charge < -0.3 is 30.6 Å². The fraction of sp³-hybridized carbons (Fsp3) is 0.364. The van der Waals surface area contributed by atoms with Crippen molar-refractivity contribution in [2.75, 3.05) is 44.5 Å². The summed E-state index contributed by atoms with van der Waals surface area (Å²) in [7, 11) is 1.29. The van der Waals surface area contributed by atoms with Gasteiger partial charge in [-0.25, -0.2) is 14.7 Å². The molecule has 0 saturated carbocycles. The number of anilines is 2. The van der Waals surface area contributed by atoms with Gasteiger partial charge in [0, 0.05) is 17.3 Å². The highest BCUT2D eigenvalue weighted by molar-refractivity contribution is 6.31. The molecule has 1 unspecified atom stereocenters. The van der Waals surface area contributed by atoms with Gasteiger partial charge in [-0.05, 0) is 25.5 Å². The second-order valence-electron chi connectivity index (χ2n) is 7.24. The summed E-state index contributed by atoms with van der Waals surface area (Å²) in [6.07, 6.45) is 0. The fourth-order valence-corrected chi connectivity index (χ4v) is 3.88. The Balaban J connectivity index is 1.90. The lowest BCUT2D eigenvalue weighted by Crippen LogP contribution is -2.35. The van der Waals surface area contributed by atoms with E-state index in [1.807, 2.05) is 0 Å². The van der Waals surface area contributed by atoms with Crippen molar-refractivity contribution in [2.45, 2.75) is 19.8 Å². The number of nitrogens with zero attached hydrogens (tertiary/aromatic N) is 2. The number of methoxy groups -OCH3 is 1. The molecule has 12 heteroatoms. The average Bonchev–Trinajstić information content (AvgIpc) is 3.23. The highest BCUT2D eigenvalue weighted by atomic mass is 35.5. The first kappa shape index (κ1) is 25.1. The molecule has 2 aromatic rings. The molecule has 0 saturated heterocycles. The Morgan fingerprint density at radius 3 is 2.65 bits per heavy atom. The van der Waals surface area contributed by atoms with Crippen molar-refractivity contribution in [3.05, 3.63) is 57.4 Å². The summed E-state index contributed by atoms with van der Waals surface area (Å²) in [6, 6.07) is 7.02. The van der Waals surface area contributed by atoms with E-state index >= 15 is 0 Å². The number of halogens is 1. The number of allylic oxidation sites excluding steroid dienone is 1. The molecule has 34 heavy (non-hydrogen) atoms. The molecule has 1 atom stereocenters. The molecule has 2 heterocycles. The molecule has 1 aromatic carbocycles. The van der Waals surface area contributed by atoms with Gasteiger partial charge >= 0.3 is 11.9 Å². The summed E-state index contributed by atoms with van der Waals surface area (Å²) < 4.78 is 16.1. The summed E-state index contributed by atoms with van der Waals surface area (Å²) in [4.78, 5) is 29.8. The van der Waals surface area contributed by atoms with E-state index in [-0.39, 0.29) is 36.9 Å². The molecule has 0 amide bonds. The third kappa shape index (κ3) is 5.67. The SMILES string of the molecule is CCOC(=O)C1=C(COCCNc2nc(N)n[nH]2)NC(C)=C(C(=O)OC)C1c1ccccc1Cl. The van der Waals surface area contributed by atoms with Crippen LogP contribution in [-0.2, 0) is 23.8 Å². The number of esters is 2. The van der Waals surface area contributed by atoms with E-state index in [9.17, 15) is 9.59 Å². The highest BCUT2D eigenvalue weighted by Gasteiger charge is 2.39. The largest absolute Gasteiger partial charge is 0.466 e. The number of aromatic nitrogens is 3. The second-order valence-corrected chi connectivity index (χ2v) is 7.65. The normalized spacial score (nSPS) is 15.7. The fourth-order valence-electron chi connectivity index (χ4n) is 3.63. The smallest absolute Gasteiger partial charge is 0.336 e. The van der Waals surface area contributed by atoms with Crippen LogP contribution in [0.3, 0.4) is 0 Å². The number of rotatable bonds is 10. The minimum Gasteiger partial charge on any atom is -0.466 e. The molecule has 1 aliphatic heterocycles. The molecule has 182 valence electrons. The molecule has 0 spiro atoms. The Hall–Kier alpha value is -3.57. The van der Waals surface area contributed by atoms with E-state index in [0.717, 1.165) is 0 Å². The van der Waals surface area contributed by atoms with Crippen LogP contribution >= 0.6 is 11.6 Å². The number of hydrogen-bond acceptors (Lipinski definition) is 10. The first-order valence-corrected chi connectivity index (χ1v) is 10.9. The van der Waals surface area contributed by atoms with Crippen LogP contribution in [0.1, 0.15) is 25.3 Å². The molecule has 1 aromatic heterocycles. The first-order chi connectivity index (χ1) is 16.4. The number of nitrogen functional groups attached to an aromatic ring is 1. The van der Waals surface area contributed by atoms with Crippen molar-refractivity contribution in [3.63, 3.8) is 0 Å². The standard InChI is InChI=1S/C22H27ClN6O5/c1-4-34-20(31)18-15(11-33-10-9-25-22-27-21(24)28-29-22)26-12(2)16(19(30)32-3)17(18)13-7-5-6-8-14(13)23/h5-8,17,26H,4,9-11H2,1-3H3,(H4,24,25,27,28,29). The number of nitrogens with two attached hydrogens (primary N) is 1. The summed E-state index contributed by atoms with van der Waals surface area (Å²) in [5.74, 6) is -1.40. The van der Waals surface area contributed by atoms with Crippen molar-refractivity contribution >= 4 is 35.4 Å². The minimum atomic E-state index is -0.796. The Morgan fingerprint density at radius 1 is 1.24 bits per heavy atom.